The first kappa shape index (κ1) is 18.2. The maximum absolute atomic E-state index is 12.2. The topological polar surface area (TPSA) is 107 Å². The molecule has 0 aliphatic heterocycles. The zero-order valence-corrected chi connectivity index (χ0v) is 14.8. The van der Waals surface area contributed by atoms with Gasteiger partial charge >= 0.3 is 5.76 Å². The van der Waals surface area contributed by atoms with Gasteiger partial charge in [-0.15, -0.1) is 0 Å². The maximum atomic E-state index is 12.2. The number of nitrogens with zero attached hydrogens (tertiary/aromatic N) is 2. The van der Waals surface area contributed by atoms with Gasteiger partial charge in [-0.05, 0) is 31.2 Å². The minimum Gasteiger partial charge on any atom is -0.407 e. The van der Waals surface area contributed by atoms with E-state index in [-0.39, 0.29) is 23.2 Å². The SMILES string of the molecule is C[C@@H]1CCCC[C@H]1NC(=O)CCCn1c(=O)oc2cc([N+](=O)[O-])ccc21. The molecule has 0 radical (unpaired) electrons. The molecule has 26 heavy (non-hydrogen) atoms. The van der Waals surface area contributed by atoms with Crippen LogP contribution in [0.15, 0.2) is 27.4 Å². The number of nitrogens with one attached hydrogen (secondary N) is 1. The van der Waals surface area contributed by atoms with Gasteiger partial charge in [0.15, 0.2) is 5.58 Å². The maximum Gasteiger partial charge on any atom is 0.419 e. The molecule has 3 rings (SSSR count). The second-order valence-electron chi connectivity index (χ2n) is 6.97. The van der Waals surface area contributed by atoms with Crippen LogP contribution >= 0.6 is 0 Å². The molecule has 1 aromatic carbocycles. The van der Waals surface area contributed by atoms with Gasteiger partial charge in [-0.25, -0.2) is 4.79 Å². The second-order valence-corrected chi connectivity index (χ2v) is 6.97. The summed E-state index contributed by atoms with van der Waals surface area (Å²) in [6.07, 6.45) is 5.37. The molecule has 2 atom stereocenters. The number of rotatable bonds is 6. The van der Waals surface area contributed by atoms with E-state index < -0.39 is 10.7 Å². The Balaban J connectivity index is 1.59. The summed E-state index contributed by atoms with van der Waals surface area (Å²) in [5.74, 6) is -0.0639. The van der Waals surface area contributed by atoms with E-state index >= 15 is 0 Å². The largest absolute Gasteiger partial charge is 0.419 e. The summed E-state index contributed by atoms with van der Waals surface area (Å²) in [6, 6.07) is 4.33. The van der Waals surface area contributed by atoms with Crippen molar-refractivity contribution in [1.82, 2.24) is 9.88 Å². The van der Waals surface area contributed by atoms with Crippen molar-refractivity contribution in [3.05, 3.63) is 38.9 Å². The van der Waals surface area contributed by atoms with E-state index in [9.17, 15) is 19.7 Å². The van der Waals surface area contributed by atoms with Gasteiger partial charge in [0.05, 0.1) is 16.5 Å². The predicted molar refractivity (Wildman–Crippen MR) is 95.9 cm³/mol. The van der Waals surface area contributed by atoms with Crippen molar-refractivity contribution in [3.8, 4) is 0 Å². The molecule has 1 aliphatic rings. The monoisotopic (exact) mass is 361 g/mol. The van der Waals surface area contributed by atoms with Crippen molar-refractivity contribution >= 4 is 22.7 Å². The van der Waals surface area contributed by atoms with E-state index in [2.05, 4.69) is 12.2 Å². The number of benzene rings is 1. The first-order valence-electron chi connectivity index (χ1n) is 9.03. The molecule has 1 N–H and O–H groups in total. The summed E-state index contributed by atoms with van der Waals surface area (Å²) in [7, 11) is 0. The van der Waals surface area contributed by atoms with Crippen molar-refractivity contribution in [3.63, 3.8) is 0 Å². The van der Waals surface area contributed by atoms with Crippen LogP contribution in [0.1, 0.15) is 45.4 Å². The number of aryl methyl sites for hydroxylation is 1. The molecule has 0 bridgehead atoms. The van der Waals surface area contributed by atoms with Gasteiger partial charge in [-0.3, -0.25) is 19.5 Å². The fraction of sp³-hybridized carbons (Fsp3) is 0.556. The van der Waals surface area contributed by atoms with Crippen LogP contribution in [-0.2, 0) is 11.3 Å². The lowest BCUT2D eigenvalue weighted by atomic mass is 9.86. The molecule has 1 fully saturated rings. The molecular formula is C18H23N3O5. The lowest BCUT2D eigenvalue weighted by Crippen LogP contribution is -2.41. The summed E-state index contributed by atoms with van der Waals surface area (Å²) in [6.45, 7) is 2.50. The Hall–Kier alpha value is -2.64. The normalized spacial score (nSPS) is 20.2. The lowest BCUT2D eigenvalue weighted by Gasteiger charge is -2.29. The number of nitro groups is 1. The van der Waals surface area contributed by atoms with Crippen molar-refractivity contribution in [2.24, 2.45) is 5.92 Å². The van der Waals surface area contributed by atoms with Gasteiger partial charge in [0.25, 0.3) is 5.69 Å². The Morgan fingerprint density at radius 3 is 2.88 bits per heavy atom. The minimum absolute atomic E-state index is 0.000220. The average Bonchev–Trinajstić information content (AvgIpc) is 2.91. The Morgan fingerprint density at radius 2 is 2.15 bits per heavy atom. The number of oxazole rings is 1. The molecule has 2 aromatic rings. The van der Waals surface area contributed by atoms with Crippen LogP contribution in [0.2, 0.25) is 0 Å². The smallest absolute Gasteiger partial charge is 0.407 e. The summed E-state index contributed by atoms with van der Waals surface area (Å²) >= 11 is 0. The van der Waals surface area contributed by atoms with Gasteiger partial charge < -0.3 is 9.73 Å². The van der Waals surface area contributed by atoms with Crippen LogP contribution in [0.25, 0.3) is 11.1 Å². The number of carbonyl (C=O) groups is 1. The van der Waals surface area contributed by atoms with Crippen LogP contribution in [0.3, 0.4) is 0 Å². The van der Waals surface area contributed by atoms with Crippen LogP contribution in [0.5, 0.6) is 0 Å². The molecule has 8 nitrogen and oxygen atoms in total. The van der Waals surface area contributed by atoms with E-state index in [1.807, 2.05) is 0 Å². The zero-order valence-electron chi connectivity index (χ0n) is 14.8. The standard InChI is InChI=1S/C18H23N3O5/c1-12-5-2-3-6-14(12)19-17(22)7-4-10-20-15-9-8-13(21(24)25)11-16(15)26-18(20)23/h8-9,11-12,14H,2-7,10H2,1H3,(H,19,22)/t12-,14-/m1/s1. The van der Waals surface area contributed by atoms with Crippen LogP contribution in [0, 0.1) is 16.0 Å². The zero-order chi connectivity index (χ0) is 18.7. The Labute approximate surface area is 150 Å². The van der Waals surface area contributed by atoms with Crippen molar-refractivity contribution in [2.75, 3.05) is 0 Å². The van der Waals surface area contributed by atoms with Gasteiger partial charge in [0.1, 0.15) is 0 Å². The molecule has 0 saturated heterocycles. The number of hydrogen-bond donors (Lipinski definition) is 1. The summed E-state index contributed by atoms with van der Waals surface area (Å²) in [5.41, 5.74) is 0.561. The molecule has 1 heterocycles. The first-order valence-corrected chi connectivity index (χ1v) is 9.03. The Morgan fingerprint density at radius 1 is 1.38 bits per heavy atom. The quantitative estimate of drug-likeness (QED) is 0.629. The lowest BCUT2D eigenvalue weighted by molar-refractivity contribution is -0.384. The number of nitro benzene ring substituents is 1. The molecule has 1 amide bonds. The second kappa shape index (κ2) is 7.72. The first-order chi connectivity index (χ1) is 12.5. The third-order valence-electron chi connectivity index (χ3n) is 5.11. The number of carbonyl (C=O) groups excluding carboxylic acids is 1. The van der Waals surface area contributed by atoms with E-state index in [0.29, 0.717) is 30.8 Å². The number of hydrogen-bond acceptors (Lipinski definition) is 5. The summed E-state index contributed by atoms with van der Waals surface area (Å²) in [5, 5.41) is 13.9. The molecular weight excluding hydrogens is 338 g/mol. The van der Waals surface area contributed by atoms with Gasteiger partial charge in [-0.1, -0.05) is 19.8 Å². The van der Waals surface area contributed by atoms with E-state index in [4.69, 9.17) is 4.42 Å². The molecule has 1 saturated carbocycles. The van der Waals surface area contributed by atoms with Gasteiger partial charge in [0, 0.05) is 25.1 Å². The summed E-state index contributed by atoms with van der Waals surface area (Å²) in [4.78, 5) is 34.4. The van der Waals surface area contributed by atoms with Crippen molar-refractivity contribution in [1.29, 1.82) is 0 Å². The Bertz CT molecular complexity index is 869. The fourth-order valence-corrected chi connectivity index (χ4v) is 3.59. The predicted octanol–water partition coefficient (Wildman–Crippen LogP) is 2.98. The third-order valence-corrected chi connectivity index (χ3v) is 5.11. The van der Waals surface area contributed by atoms with Crippen LogP contribution < -0.4 is 11.1 Å². The van der Waals surface area contributed by atoms with Crippen molar-refractivity contribution < 1.29 is 14.1 Å². The van der Waals surface area contributed by atoms with Crippen LogP contribution in [0.4, 0.5) is 5.69 Å². The van der Waals surface area contributed by atoms with Gasteiger partial charge in [0.2, 0.25) is 5.91 Å². The molecule has 8 heteroatoms. The highest BCUT2D eigenvalue weighted by Crippen LogP contribution is 2.24. The molecule has 1 aromatic heterocycles. The van der Waals surface area contributed by atoms with E-state index in [1.54, 1.807) is 0 Å². The molecule has 1 aliphatic carbocycles. The van der Waals surface area contributed by atoms with E-state index in [1.165, 1.54) is 29.2 Å². The third kappa shape index (κ3) is 3.95. The molecule has 0 unspecified atom stereocenters. The molecule has 140 valence electrons. The highest BCUT2D eigenvalue weighted by molar-refractivity contribution is 5.77. The minimum atomic E-state index is -0.568. The number of amides is 1. The number of non-ortho nitro benzene ring substituents is 1. The van der Waals surface area contributed by atoms with Crippen LogP contribution in [-0.4, -0.2) is 21.4 Å². The Kier molecular flexibility index (Phi) is 5.39. The average molecular weight is 361 g/mol. The van der Waals surface area contributed by atoms with Gasteiger partial charge in [-0.2, -0.15) is 0 Å². The van der Waals surface area contributed by atoms with E-state index in [0.717, 1.165) is 19.3 Å². The number of fused-ring (bicyclic) bond motifs is 1. The molecule has 0 spiro atoms. The fourth-order valence-electron chi connectivity index (χ4n) is 3.59. The highest BCUT2D eigenvalue weighted by Gasteiger charge is 2.22. The highest BCUT2D eigenvalue weighted by atomic mass is 16.6. The summed E-state index contributed by atoms with van der Waals surface area (Å²) < 4.78 is 6.50. The number of aromatic nitrogens is 1. The van der Waals surface area contributed by atoms with Crippen molar-refractivity contribution in [2.45, 2.75) is 58.0 Å².